The predicted octanol–water partition coefficient (Wildman–Crippen LogP) is 3.71. The third-order valence-corrected chi connectivity index (χ3v) is 5.97. The number of hydrogen-bond acceptors (Lipinski definition) is 3. The van der Waals surface area contributed by atoms with Gasteiger partial charge in [0.25, 0.3) is 0 Å². The number of hydrogen-bond donors (Lipinski definition) is 2. The van der Waals surface area contributed by atoms with Crippen LogP contribution in [0.5, 0.6) is 0 Å². The first-order valence-corrected chi connectivity index (χ1v) is 10.7. The molecule has 2 aliphatic rings. The first-order chi connectivity index (χ1) is 13.6. The van der Waals surface area contributed by atoms with E-state index in [-0.39, 0.29) is 29.4 Å². The molecule has 0 saturated heterocycles. The van der Waals surface area contributed by atoms with Gasteiger partial charge in [-0.15, -0.1) is 24.0 Å². The summed E-state index contributed by atoms with van der Waals surface area (Å²) in [6, 6.07) is 8.55. The van der Waals surface area contributed by atoms with Crippen molar-refractivity contribution in [1.82, 2.24) is 25.4 Å². The molecule has 1 aliphatic carbocycles. The van der Waals surface area contributed by atoms with E-state index in [1.54, 1.807) is 0 Å². The smallest absolute Gasteiger partial charge is 0.191 e. The molecular weight excluding hydrogens is 499 g/mol. The van der Waals surface area contributed by atoms with Crippen LogP contribution >= 0.6 is 35.6 Å². The summed E-state index contributed by atoms with van der Waals surface area (Å²) < 4.78 is 2.05. The van der Waals surface area contributed by atoms with Gasteiger partial charge in [-0.1, -0.05) is 30.7 Å². The molecule has 8 heteroatoms. The number of fused-ring (bicyclic) bond motifs is 1. The zero-order valence-corrected chi connectivity index (χ0v) is 20.2. The zero-order valence-electron chi connectivity index (χ0n) is 17.1. The number of nitrogens with zero attached hydrogens (tertiary/aromatic N) is 4. The van der Waals surface area contributed by atoms with E-state index in [1.165, 1.54) is 18.4 Å². The molecule has 2 N–H and O–H groups in total. The number of aryl methyl sites for hydroxylation is 2. The van der Waals surface area contributed by atoms with E-state index < -0.39 is 0 Å². The van der Waals surface area contributed by atoms with Gasteiger partial charge in [0.2, 0.25) is 0 Å². The molecule has 6 nitrogen and oxygen atoms in total. The molecule has 158 valence electrons. The average Bonchev–Trinajstić information content (AvgIpc) is 3.38. The van der Waals surface area contributed by atoms with Gasteiger partial charge in [-0.05, 0) is 43.9 Å². The van der Waals surface area contributed by atoms with Gasteiger partial charge in [-0.25, -0.2) is 9.67 Å². The fourth-order valence-corrected chi connectivity index (χ4v) is 4.07. The Kier molecular flexibility index (Phi) is 7.42. The number of guanidine groups is 1. The Hall–Kier alpha value is -1.35. The summed E-state index contributed by atoms with van der Waals surface area (Å²) in [5, 5.41) is 12.4. The van der Waals surface area contributed by atoms with E-state index in [9.17, 15) is 0 Å². The molecule has 0 spiro atoms. The molecule has 1 fully saturated rings. The van der Waals surface area contributed by atoms with Crippen LogP contribution in [0.25, 0.3) is 0 Å². The van der Waals surface area contributed by atoms with Gasteiger partial charge in [0.1, 0.15) is 5.82 Å². The van der Waals surface area contributed by atoms with E-state index in [0.29, 0.717) is 6.04 Å². The van der Waals surface area contributed by atoms with Gasteiger partial charge in [-0.3, -0.25) is 4.99 Å². The van der Waals surface area contributed by atoms with Crippen LogP contribution in [0, 0.1) is 0 Å². The molecular formula is C21H30ClIN6. The Morgan fingerprint density at radius 2 is 2.17 bits per heavy atom. The molecule has 1 saturated carbocycles. The number of aromatic nitrogens is 3. The second kappa shape index (κ2) is 9.64. The SMILES string of the molecule is CCNC(=NCC1(c2cccc(Cl)c2)CC1)NC1CCc2nc(CC)nn2C1.I. The van der Waals surface area contributed by atoms with Crippen LogP contribution in [-0.4, -0.2) is 39.9 Å². The Balaban J connectivity index is 0.00000240. The molecule has 0 radical (unpaired) electrons. The van der Waals surface area contributed by atoms with Gasteiger partial charge in [0, 0.05) is 35.9 Å². The van der Waals surface area contributed by atoms with Crippen molar-refractivity contribution in [2.75, 3.05) is 13.1 Å². The fraction of sp³-hybridized carbons (Fsp3) is 0.571. The third kappa shape index (κ3) is 5.23. The number of benzene rings is 1. The lowest BCUT2D eigenvalue weighted by Crippen LogP contribution is -2.47. The normalized spacial score (nSPS) is 19.8. The lowest BCUT2D eigenvalue weighted by molar-refractivity contribution is 0.392. The molecule has 1 atom stereocenters. The maximum atomic E-state index is 6.20. The quantitative estimate of drug-likeness (QED) is 0.341. The molecule has 1 aliphatic heterocycles. The van der Waals surface area contributed by atoms with Crippen molar-refractivity contribution in [2.24, 2.45) is 4.99 Å². The van der Waals surface area contributed by atoms with Crippen molar-refractivity contribution in [3.05, 3.63) is 46.5 Å². The highest BCUT2D eigenvalue weighted by atomic mass is 127. The molecule has 0 amide bonds. The van der Waals surface area contributed by atoms with Crippen molar-refractivity contribution in [2.45, 2.75) is 64.0 Å². The molecule has 2 aromatic rings. The third-order valence-electron chi connectivity index (χ3n) is 5.73. The molecule has 0 bridgehead atoms. The Morgan fingerprint density at radius 3 is 2.86 bits per heavy atom. The number of rotatable bonds is 6. The molecule has 1 unspecified atom stereocenters. The Bertz CT molecular complexity index is 861. The monoisotopic (exact) mass is 528 g/mol. The lowest BCUT2D eigenvalue weighted by atomic mass is 9.96. The summed E-state index contributed by atoms with van der Waals surface area (Å²) in [4.78, 5) is 9.54. The zero-order chi connectivity index (χ0) is 19.6. The van der Waals surface area contributed by atoms with Crippen molar-refractivity contribution in [3.8, 4) is 0 Å². The van der Waals surface area contributed by atoms with Crippen LogP contribution in [-0.2, 0) is 24.8 Å². The topological polar surface area (TPSA) is 67.1 Å². The second-order valence-corrected chi connectivity index (χ2v) is 8.28. The van der Waals surface area contributed by atoms with Gasteiger partial charge >= 0.3 is 0 Å². The summed E-state index contributed by atoms with van der Waals surface area (Å²) >= 11 is 6.20. The van der Waals surface area contributed by atoms with Crippen molar-refractivity contribution < 1.29 is 0 Å². The first kappa shape index (κ1) is 22.3. The van der Waals surface area contributed by atoms with E-state index >= 15 is 0 Å². The van der Waals surface area contributed by atoms with E-state index in [2.05, 4.69) is 51.4 Å². The summed E-state index contributed by atoms with van der Waals surface area (Å²) in [6.07, 6.45) is 5.22. The first-order valence-electron chi connectivity index (χ1n) is 10.4. The van der Waals surface area contributed by atoms with Crippen LogP contribution in [0.1, 0.15) is 50.3 Å². The van der Waals surface area contributed by atoms with Crippen LogP contribution in [0.2, 0.25) is 5.02 Å². The molecule has 29 heavy (non-hydrogen) atoms. The molecule has 4 rings (SSSR count). The van der Waals surface area contributed by atoms with Crippen LogP contribution in [0.15, 0.2) is 29.3 Å². The van der Waals surface area contributed by atoms with Gasteiger partial charge in [0.05, 0.1) is 13.1 Å². The largest absolute Gasteiger partial charge is 0.357 e. The average molecular weight is 529 g/mol. The van der Waals surface area contributed by atoms with Crippen molar-refractivity contribution >= 4 is 41.5 Å². The van der Waals surface area contributed by atoms with E-state index in [0.717, 1.165) is 61.5 Å². The van der Waals surface area contributed by atoms with Crippen LogP contribution in [0.4, 0.5) is 0 Å². The lowest BCUT2D eigenvalue weighted by Gasteiger charge is -2.25. The van der Waals surface area contributed by atoms with Crippen molar-refractivity contribution in [1.29, 1.82) is 0 Å². The number of aliphatic imine (C=N–C) groups is 1. The van der Waals surface area contributed by atoms with Gasteiger partial charge in [0.15, 0.2) is 11.8 Å². The number of nitrogens with one attached hydrogen (secondary N) is 2. The summed E-state index contributed by atoms with van der Waals surface area (Å²) in [5.41, 5.74) is 1.45. The summed E-state index contributed by atoms with van der Waals surface area (Å²) in [7, 11) is 0. The highest BCUT2D eigenvalue weighted by Gasteiger charge is 2.44. The van der Waals surface area contributed by atoms with Crippen LogP contribution < -0.4 is 10.6 Å². The predicted molar refractivity (Wildman–Crippen MR) is 128 cm³/mol. The van der Waals surface area contributed by atoms with Crippen molar-refractivity contribution in [3.63, 3.8) is 0 Å². The highest BCUT2D eigenvalue weighted by molar-refractivity contribution is 14.0. The maximum Gasteiger partial charge on any atom is 0.191 e. The van der Waals surface area contributed by atoms with E-state index in [4.69, 9.17) is 16.6 Å². The van der Waals surface area contributed by atoms with Crippen LogP contribution in [0.3, 0.4) is 0 Å². The minimum atomic E-state index is 0. The van der Waals surface area contributed by atoms with Gasteiger partial charge < -0.3 is 10.6 Å². The molecule has 1 aromatic heterocycles. The van der Waals surface area contributed by atoms with Gasteiger partial charge in [-0.2, -0.15) is 5.10 Å². The number of halogens is 2. The fourth-order valence-electron chi connectivity index (χ4n) is 3.88. The second-order valence-electron chi connectivity index (χ2n) is 7.85. The minimum Gasteiger partial charge on any atom is -0.357 e. The standard InChI is InChI=1S/C21H29ClN6.HI/c1-3-18-26-19-9-8-17(13-28(19)27-18)25-20(23-4-2)24-14-21(10-11-21)15-6-5-7-16(22)12-15;/h5-7,12,17H,3-4,8-11,13-14H2,1-2H3,(H2,23,24,25);1H. The molecule has 2 heterocycles. The minimum absolute atomic E-state index is 0. The summed E-state index contributed by atoms with van der Waals surface area (Å²) in [5.74, 6) is 2.93. The molecule has 1 aromatic carbocycles. The highest BCUT2D eigenvalue weighted by Crippen LogP contribution is 2.48. The van der Waals surface area contributed by atoms with E-state index in [1.807, 2.05) is 12.1 Å². The maximum absolute atomic E-state index is 6.20. The Morgan fingerprint density at radius 1 is 1.34 bits per heavy atom. The summed E-state index contributed by atoms with van der Waals surface area (Å²) in [6.45, 7) is 6.67. The Labute approximate surface area is 194 Å².